The van der Waals surface area contributed by atoms with E-state index in [-0.39, 0.29) is 5.82 Å². The summed E-state index contributed by atoms with van der Waals surface area (Å²) in [6.07, 6.45) is 3.95. The molecule has 0 spiro atoms. The zero-order valence-corrected chi connectivity index (χ0v) is 10.3. The fraction of sp³-hybridized carbons (Fsp3) is 0.308. The highest BCUT2D eigenvalue weighted by molar-refractivity contribution is 5.48. The summed E-state index contributed by atoms with van der Waals surface area (Å²) in [6.45, 7) is 1.80. The first-order valence-corrected chi connectivity index (χ1v) is 6.20. The van der Waals surface area contributed by atoms with E-state index in [2.05, 4.69) is 25.2 Å². The smallest absolute Gasteiger partial charge is 0.225 e. The molecule has 0 saturated carbocycles. The van der Waals surface area contributed by atoms with Gasteiger partial charge in [-0.3, -0.25) is 0 Å². The molecule has 3 rings (SSSR count). The minimum Gasteiger partial charge on any atom is -0.369 e. The second-order valence-electron chi connectivity index (χ2n) is 4.51. The van der Waals surface area contributed by atoms with Crippen molar-refractivity contribution in [3.63, 3.8) is 0 Å². The van der Waals surface area contributed by atoms with Gasteiger partial charge in [0.2, 0.25) is 5.95 Å². The molecule has 1 saturated heterocycles. The summed E-state index contributed by atoms with van der Waals surface area (Å²) in [7, 11) is 0. The maximum absolute atomic E-state index is 12.9. The summed E-state index contributed by atoms with van der Waals surface area (Å²) in [5.41, 5.74) is 1.04. The summed E-state index contributed by atoms with van der Waals surface area (Å²) < 4.78 is 12.9. The number of anilines is 2. The first kappa shape index (κ1) is 11.8. The summed E-state index contributed by atoms with van der Waals surface area (Å²) in [6, 6.07) is 6.89. The van der Waals surface area contributed by atoms with Gasteiger partial charge >= 0.3 is 0 Å². The first-order valence-electron chi connectivity index (χ1n) is 6.20. The highest BCUT2D eigenvalue weighted by atomic mass is 19.1. The fourth-order valence-electron chi connectivity index (χ4n) is 2.26. The molecule has 19 heavy (non-hydrogen) atoms. The van der Waals surface area contributed by atoms with Crippen molar-refractivity contribution in [1.82, 2.24) is 15.0 Å². The molecule has 0 bridgehead atoms. The van der Waals surface area contributed by atoms with Crippen molar-refractivity contribution in [1.29, 1.82) is 0 Å². The van der Waals surface area contributed by atoms with E-state index in [1.54, 1.807) is 12.1 Å². The second kappa shape index (κ2) is 5.17. The molecule has 0 unspecified atom stereocenters. The van der Waals surface area contributed by atoms with Gasteiger partial charge < -0.3 is 10.2 Å². The van der Waals surface area contributed by atoms with E-state index in [1.807, 2.05) is 0 Å². The zero-order valence-electron chi connectivity index (χ0n) is 10.3. The van der Waals surface area contributed by atoms with Crippen molar-refractivity contribution in [3.8, 4) is 0 Å². The van der Waals surface area contributed by atoms with E-state index in [4.69, 9.17) is 0 Å². The number of rotatable bonds is 3. The summed E-state index contributed by atoms with van der Waals surface area (Å²) in [5.74, 6) is 0.392. The Labute approximate surface area is 110 Å². The normalized spacial score (nSPS) is 18.6. The Morgan fingerprint density at radius 3 is 2.63 bits per heavy atom. The number of aromatic nitrogens is 3. The molecule has 6 heteroatoms. The molecule has 2 aromatic rings. The third-order valence-corrected chi connectivity index (χ3v) is 3.21. The van der Waals surface area contributed by atoms with E-state index in [0.29, 0.717) is 12.0 Å². The van der Waals surface area contributed by atoms with Crippen LogP contribution < -0.4 is 10.2 Å². The lowest BCUT2D eigenvalue weighted by Crippen LogP contribution is -2.26. The predicted molar refractivity (Wildman–Crippen MR) is 70.5 cm³/mol. The maximum Gasteiger partial charge on any atom is 0.225 e. The summed E-state index contributed by atoms with van der Waals surface area (Å²) in [4.78, 5) is 14.1. The molecule has 1 fully saturated rings. The summed E-state index contributed by atoms with van der Waals surface area (Å²) >= 11 is 0. The fourth-order valence-corrected chi connectivity index (χ4v) is 2.26. The molecule has 2 heterocycles. The Balaban J connectivity index is 1.62. The minimum absolute atomic E-state index is 0.206. The molecule has 1 atom stereocenters. The minimum atomic E-state index is -0.206. The topological polar surface area (TPSA) is 53.9 Å². The average molecular weight is 259 g/mol. The molecular weight excluding hydrogens is 245 g/mol. The number of hydrogen-bond acceptors (Lipinski definition) is 5. The highest BCUT2D eigenvalue weighted by Crippen LogP contribution is 2.21. The molecule has 1 N–H and O–H groups in total. The average Bonchev–Trinajstić information content (AvgIpc) is 2.89. The van der Waals surface area contributed by atoms with Gasteiger partial charge in [-0.05, 0) is 30.7 Å². The molecule has 1 aliphatic rings. The van der Waals surface area contributed by atoms with Gasteiger partial charge in [0.25, 0.3) is 0 Å². The van der Waals surface area contributed by atoms with Crippen LogP contribution in [0.15, 0.2) is 36.9 Å². The molecule has 0 aliphatic carbocycles. The predicted octanol–water partition coefficient (Wildman–Crippen LogP) is 1.70. The van der Waals surface area contributed by atoms with Gasteiger partial charge in [-0.2, -0.15) is 0 Å². The van der Waals surface area contributed by atoms with Gasteiger partial charge in [0.05, 0.1) is 0 Å². The van der Waals surface area contributed by atoms with Crippen LogP contribution in [0.1, 0.15) is 6.42 Å². The number of benzene rings is 1. The third kappa shape index (κ3) is 2.78. The Morgan fingerprint density at radius 2 is 1.89 bits per heavy atom. The van der Waals surface area contributed by atoms with Crippen molar-refractivity contribution < 1.29 is 4.39 Å². The van der Waals surface area contributed by atoms with Crippen molar-refractivity contribution in [2.45, 2.75) is 12.5 Å². The van der Waals surface area contributed by atoms with Gasteiger partial charge in [0, 0.05) is 24.8 Å². The van der Waals surface area contributed by atoms with Crippen LogP contribution in [0.3, 0.4) is 0 Å². The van der Waals surface area contributed by atoms with Crippen LogP contribution in [0, 0.1) is 5.82 Å². The van der Waals surface area contributed by atoms with Crippen molar-refractivity contribution in [2.75, 3.05) is 23.3 Å². The number of nitrogens with zero attached hydrogens (tertiary/aromatic N) is 4. The number of halogens is 1. The first-order chi connectivity index (χ1) is 9.31. The Hall–Kier alpha value is -2.24. The van der Waals surface area contributed by atoms with Crippen LogP contribution in [0.25, 0.3) is 0 Å². The van der Waals surface area contributed by atoms with Crippen LogP contribution in [0.5, 0.6) is 0 Å². The van der Waals surface area contributed by atoms with Gasteiger partial charge in [0.1, 0.15) is 18.5 Å². The van der Waals surface area contributed by atoms with E-state index >= 15 is 0 Å². The van der Waals surface area contributed by atoms with Crippen molar-refractivity contribution in [3.05, 3.63) is 42.7 Å². The highest BCUT2D eigenvalue weighted by Gasteiger charge is 2.23. The molecule has 1 aromatic heterocycles. The largest absolute Gasteiger partial charge is 0.369 e. The second-order valence-corrected chi connectivity index (χ2v) is 4.51. The Kier molecular flexibility index (Phi) is 3.22. The molecule has 1 aromatic carbocycles. The van der Waals surface area contributed by atoms with Crippen LogP contribution in [-0.2, 0) is 0 Å². The molecule has 0 amide bonds. The maximum atomic E-state index is 12.9. The third-order valence-electron chi connectivity index (χ3n) is 3.21. The lowest BCUT2D eigenvalue weighted by molar-refractivity contribution is 0.627. The lowest BCUT2D eigenvalue weighted by atomic mass is 10.3. The van der Waals surface area contributed by atoms with E-state index in [0.717, 1.165) is 25.2 Å². The van der Waals surface area contributed by atoms with Gasteiger partial charge in [-0.15, -0.1) is 0 Å². The van der Waals surface area contributed by atoms with Crippen LogP contribution in [0.4, 0.5) is 16.0 Å². The lowest BCUT2D eigenvalue weighted by Gasteiger charge is -2.18. The molecule has 1 aliphatic heterocycles. The van der Waals surface area contributed by atoms with E-state index in [1.165, 1.54) is 24.8 Å². The standard InChI is InChI=1S/C13H14FN5/c14-10-1-3-12(4-2-10)19-6-5-11(7-19)18-13-16-8-15-9-17-13/h1-4,8-9,11H,5-7H2,(H,15,16,17,18)/t11-/m1/s1. The van der Waals surface area contributed by atoms with Gasteiger partial charge in [-0.25, -0.2) is 19.3 Å². The van der Waals surface area contributed by atoms with E-state index < -0.39 is 0 Å². The number of nitrogens with one attached hydrogen (secondary N) is 1. The molecule has 0 radical (unpaired) electrons. The van der Waals surface area contributed by atoms with Gasteiger partial charge in [0.15, 0.2) is 0 Å². The van der Waals surface area contributed by atoms with Gasteiger partial charge in [-0.1, -0.05) is 0 Å². The zero-order chi connectivity index (χ0) is 13.1. The Bertz CT molecular complexity index is 530. The van der Waals surface area contributed by atoms with E-state index in [9.17, 15) is 4.39 Å². The van der Waals surface area contributed by atoms with Crippen molar-refractivity contribution in [2.24, 2.45) is 0 Å². The van der Waals surface area contributed by atoms with Crippen LogP contribution in [-0.4, -0.2) is 34.1 Å². The van der Waals surface area contributed by atoms with Crippen molar-refractivity contribution >= 4 is 11.6 Å². The SMILES string of the molecule is Fc1ccc(N2CC[C@@H](Nc3ncncn3)C2)cc1. The van der Waals surface area contributed by atoms with Crippen LogP contribution in [0.2, 0.25) is 0 Å². The summed E-state index contributed by atoms with van der Waals surface area (Å²) in [5, 5.41) is 3.27. The van der Waals surface area contributed by atoms with Crippen LogP contribution >= 0.6 is 0 Å². The number of hydrogen-bond donors (Lipinski definition) is 1. The Morgan fingerprint density at radius 1 is 1.16 bits per heavy atom. The molecular formula is C13H14FN5. The quantitative estimate of drug-likeness (QED) is 0.909. The molecule has 98 valence electrons. The molecule has 5 nitrogen and oxygen atoms in total. The monoisotopic (exact) mass is 259 g/mol.